The van der Waals surface area contributed by atoms with Crippen LogP contribution >= 0.6 is 0 Å². The van der Waals surface area contributed by atoms with Crippen molar-refractivity contribution in [1.82, 2.24) is 4.90 Å². The van der Waals surface area contributed by atoms with Crippen LogP contribution in [0, 0.1) is 23.2 Å². The first-order chi connectivity index (χ1) is 15.4. The lowest BCUT2D eigenvalue weighted by Gasteiger charge is -2.46. The SMILES string of the molecule is COc1cccc(N2CCN(CC3C(=O)O[C@@H]4C[C@@]5(C)CCC[C@H](C)C5=C[C@H]34)CC2C)c1. The highest BCUT2D eigenvalue weighted by Crippen LogP contribution is 2.54. The summed E-state index contributed by atoms with van der Waals surface area (Å²) in [6, 6.07) is 8.70. The molecule has 0 radical (unpaired) electrons. The quantitative estimate of drug-likeness (QED) is 0.511. The molecular formula is C27H38N2O3. The van der Waals surface area contributed by atoms with Crippen LogP contribution in [0.4, 0.5) is 5.69 Å². The minimum atomic E-state index is -0.0262. The Morgan fingerprint density at radius 2 is 2.09 bits per heavy atom. The van der Waals surface area contributed by atoms with Crippen LogP contribution in [0.25, 0.3) is 0 Å². The summed E-state index contributed by atoms with van der Waals surface area (Å²) in [6.07, 6.45) is 7.36. The van der Waals surface area contributed by atoms with Gasteiger partial charge in [0, 0.05) is 49.9 Å². The van der Waals surface area contributed by atoms with Gasteiger partial charge in [-0.3, -0.25) is 9.69 Å². The molecule has 2 heterocycles. The summed E-state index contributed by atoms with van der Waals surface area (Å²) in [7, 11) is 1.71. The first-order valence-electron chi connectivity index (χ1n) is 12.4. The van der Waals surface area contributed by atoms with Crippen LogP contribution in [0.3, 0.4) is 0 Å². The van der Waals surface area contributed by atoms with Gasteiger partial charge in [-0.25, -0.2) is 0 Å². The molecule has 32 heavy (non-hydrogen) atoms. The van der Waals surface area contributed by atoms with E-state index >= 15 is 0 Å². The minimum absolute atomic E-state index is 0.0228. The fourth-order valence-electron chi connectivity index (χ4n) is 6.91. The summed E-state index contributed by atoms with van der Waals surface area (Å²) in [4.78, 5) is 17.9. The number of methoxy groups -OCH3 is 1. The van der Waals surface area contributed by atoms with Crippen molar-refractivity contribution < 1.29 is 14.3 Å². The van der Waals surface area contributed by atoms with Crippen molar-refractivity contribution in [3.63, 3.8) is 0 Å². The zero-order chi connectivity index (χ0) is 22.5. The van der Waals surface area contributed by atoms with Crippen molar-refractivity contribution in [2.45, 2.75) is 58.6 Å². The molecule has 5 rings (SSSR count). The van der Waals surface area contributed by atoms with Crippen molar-refractivity contribution >= 4 is 11.7 Å². The van der Waals surface area contributed by atoms with E-state index in [-0.39, 0.29) is 29.3 Å². The van der Waals surface area contributed by atoms with E-state index in [2.05, 4.69) is 54.8 Å². The van der Waals surface area contributed by atoms with Gasteiger partial charge in [-0.1, -0.05) is 38.0 Å². The van der Waals surface area contributed by atoms with Crippen LogP contribution in [0.1, 0.15) is 46.5 Å². The van der Waals surface area contributed by atoms with Gasteiger partial charge in [0.1, 0.15) is 11.9 Å². The standard InChI is InChI=1S/C27H38N2O3/c1-18-7-6-10-27(3)15-25-22(14-24(18)27)23(26(30)32-25)17-28-11-12-29(19(2)16-28)20-8-5-9-21(13-20)31-4/h5,8-9,13-14,18-19,22-23,25H,6-7,10-12,15-17H2,1-4H3/t18-,19?,22+,23?,25+,27+/m0/s1. The third-order valence-electron chi connectivity index (χ3n) is 8.63. The molecule has 5 nitrogen and oxygen atoms in total. The number of benzene rings is 1. The topological polar surface area (TPSA) is 42.0 Å². The highest BCUT2D eigenvalue weighted by molar-refractivity contribution is 5.76. The number of piperazine rings is 1. The van der Waals surface area contributed by atoms with Crippen LogP contribution in [-0.4, -0.2) is 56.3 Å². The fourth-order valence-corrected chi connectivity index (χ4v) is 6.91. The molecule has 6 atom stereocenters. The average Bonchev–Trinajstić information content (AvgIpc) is 3.06. The lowest BCUT2D eigenvalue weighted by atomic mass is 9.59. The number of nitrogens with zero attached hydrogens (tertiary/aromatic N) is 2. The van der Waals surface area contributed by atoms with Gasteiger partial charge in [-0.2, -0.15) is 0 Å². The van der Waals surface area contributed by atoms with E-state index in [1.54, 1.807) is 12.7 Å². The second-order valence-corrected chi connectivity index (χ2v) is 10.8. The maximum atomic E-state index is 12.9. The van der Waals surface area contributed by atoms with Crippen LogP contribution in [0.2, 0.25) is 0 Å². The molecule has 1 saturated carbocycles. The molecule has 4 aliphatic rings. The van der Waals surface area contributed by atoms with Crippen LogP contribution in [0.15, 0.2) is 35.9 Å². The molecule has 0 spiro atoms. The number of carbonyl (C=O) groups excluding carboxylic acids is 1. The van der Waals surface area contributed by atoms with E-state index in [0.29, 0.717) is 12.0 Å². The summed E-state index contributed by atoms with van der Waals surface area (Å²) < 4.78 is 11.4. The molecule has 0 bridgehead atoms. The van der Waals surface area contributed by atoms with E-state index in [9.17, 15) is 4.79 Å². The van der Waals surface area contributed by atoms with Gasteiger partial charge in [0.25, 0.3) is 0 Å². The molecule has 0 amide bonds. The summed E-state index contributed by atoms with van der Waals surface area (Å²) in [5.74, 6) is 1.78. The van der Waals surface area contributed by atoms with Gasteiger partial charge in [-0.05, 0) is 49.7 Å². The first kappa shape index (κ1) is 21.8. The Morgan fingerprint density at radius 3 is 2.88 bits per heavy atom. The third kappa shape index (κ3) is 3.83. The van der Waals surface area contributed by atoms with Gasteiger partial charge in [0.2, 0.25) is 0 Å². The van der Waals surface area contributed by atoms with Crippen LogP contribution in [0.5, 0.6) is 5.75 Å². The summed E-state index contributed by atoms with van der Waals surface area (Å²) in [6.45, 7) is 10.7. The number of hydrogen-bond donors (Lipinski definition) is 0. The highest BCUT2D eigenvalue weighted by atomic mass is 16.6. The Hall–Kier alpha value is -2.01. The molecule has 2 aliphatic heterocycles. The number of anilines is 1. The Kier molecular flexibility index (Phi) is 5.73. The Labute approximate surface area is 192 Å². The van der Waals surface area contributed by atoms with Gasteiger partial charge in [0.15, 0.2) is 0 Å². The van der Waals surface area contributed by atoms with Crippen LogP contribution in [-0.2, 0) is 9.53 Å². The summed E-state index contributed by atoms with van der Waals surface area (Å²) in [5, 5.41) is 0. The van der Waals surface area contributed by atoms with Crippen molar-refractivity contribution in [2.24, 2.45) is 23.2 Å². The lowest BCUT2D eigenvalue weighted by molar-refractivity contribution is -0.145. The first-order valence-corrected chi connectivity index (χ1v) is 12.4. The minimum Gasteiger partial charge on any atom is -0.497 e. The molecule has 174 valence electrons. The number of ether oxygens (including phenoxy) is 2. The molecule has 0 aromatic heterocycles. The van der Waals surface area contributed by atoms with Gasteiger partial charge < -0.3 is 14.4 Å². The third-order valence-corrected chi connectivity index (χ3v) is 8.63. The monoisotopic (exact) mass is 438 g/mol. The van der Waals surface area contributed by atoms with Crippen LogP contribution < -0.4 is 9.64 Å². The normalized spacial score (nSPS) is 37.4. The second kappa shape index (κ2) is 8.40. The number of fused-ring (bicyclic) bond motifs is 2. The molecule has 1 aromatic rings. The van der Waals surface area contributed by atoms with Crippen molar-refractivity contribution in [3.8, 4) is 5.75 Å². The second-order valence-electron chi connectivity index (χ2n) is 10.8. The molecule has 0 N–H and O–H groups in total. The smallest absolute Gasteiger partial charge is 0.311 e. The van der Waals surface area contributed by atoms with Crippen molar-refractivity contribution in [2.75, 3.05) is 38.2 Å². The number of hydrogen-bond acceptors (Lipinski definition) is 5. The predicted octanol–water partition coefficient (Wildman–Crippen LogP) is 4.52. The van der Waals surface area contributed by atoms with Crippen molar-refractivity contribution in [1.29, 1.82) is 0 Å². The molecule has 2 saturated heterocycles. The van der Waals surface area contributed by atoms with E-state index in [0.717, 1.165) is 38.3 Å². The lowest BCUT2D eigenvalue weighted by Crippen LogP contribution is -2.53. The number of allylic oxidation sites excluding steroid dienone is 1. The average molecular weight is 439 g/mol. The van der Waals surface area contributed by atoms with Gasteiger partial charge in [-0.15, -0.1) is 0 Å². The highest BCUT2D eigenvalue weighted by Gasteiger charge is 2.52. The zero-order valence-electron chi connectivity index (χ0n) is 20.0. The molecule has 1 aromatic carbocycles. The molecule has 2 unspecified atom stereocenters. The Balaban J connectivity index is 1.28. The number of rotatable bonds is 4. The zero-order valence-corrected chi connectivity index (χ0v) is 20.0. The van der Waals surface area contributed by atoms with E-state index in [1.807, 2.05) is 6.07 Å². The van der Waals surface area contributed by atoms with Gasteiger partial charge in [0.05, 0.1) is 13.0 Å². The van der Waals surface area contributed by atoms with Gasteiger partial charge >= 0.3 is 5.97 Å². The van der Waals surface area contributed by atoms with E-state index < -0.39 is 0 Å². The summed E-state index contributed by atoms with van der Waals surface area (Å²) >= 11 is 0. The Morgan fingerprint density at radius 1 is 1.25 bits per heavy atom. The van der Waals surface area contributed by atoms with E-state index in [1.165, 1.54) is 24.9 Å². The molecule has 2 aliphatic carbocycles. The number of carbonyl (C=O) groups is 1. The summed E-state index contributed by atoms with van der Waals surface area (Å²) in [5.41, 5.74) is 3.04. The largest absolute Gasteiger partial charge is 0.497 e. The van der Waals surface area contributed by atoms with E-state index in [4.69, 9.17) is 9.47 Å². The fraction of sp³-hybridized carbons (Fsp3) is 0.667. The Bertz CT molecular complexity index is 899. The maximum absolute atomic E-state index is 12.9. The van der Waals surface area contributed by atoms with Crippen molar-refractivity contribution in [3.05, 3.63) is 35.9 Å². The molecule has 5 heteroatoms. The maximum Gasteiger partial charge on any atom is 0.311 e. The molecule has 3 fully saturated rings. The predicted molar refractivity (Wildman–Crippen MR) is 127 cm³/mol. The number of esters is 1. The molecular weight excluding hydrogens is 400 g/mol.